The minimum atomic E-state index is 0.439. The van der Waals surface area contributed by atoms with Gasteiger partial charge in [-0.2, -0.15) is 0 Å². The van der Waals surface area contributed by atoms with Gasteiger partial charge in [0, 0.05) is 5.70 Å². The number of allylic oxidation sites excluding steroid dienone is 1. The zero-order chi connectivity index (χ0) is 12.1. The van der Waals surface area contributed by atoms with E-state index in [1.807, 2.05) is 0 Å². The van der Waals surface area contributed by atoms with Gasteiger partial charge in [0.2, 0.25) is 0 Å². The first-order valence-electron chi connectivity index (χ1n) is 6.81. The van der Waals surface area contributed by atoms with E-state index in [0.29, 0.717) is 6.04 Å². The van der Waals surface area contributed by atoms with Crippen LogP contribution < -0.4 is 5.32 Å². The molecule has 1 saturated carbocycles. The lowest BCUT2D eigenvalue weighted by Crippen LogP contribution is -2.27. The topological polar surface area (TPSA) is 12.0 Å². The Labute approximate surface area is 105 Å². The summed E-state index contributed by atoms with van der Waals surface area (Å²) in [5.41, 5.74) is 2.63. The van der Waals surface area contributed by atoms with Gasteiger partial charge in [-0.25, -0.2) is 0 Å². The van der Waals surface area contributed by atoms with Crippen LogP contribution in [-0.2, 0) is 0 Å². The first kappa shape index (κ1) is 12.2. The molecule has 1 unspecified atom stereocenters. The van der Waals surface area contributed by atoms with Crippen LogP contribution in [0.15, 0.2) is 42.6 Å². The Kier molecular flexibility index (Phi) is 4.24. The van der Waals surface area contributed by atoms with Crippen molar-refractivity contribution in [1.82, 2.24) is 5.32 Å². The Morgan fingerprint density at radius 1 is 1.35 bits per heavy atom. The summed E-state index contributed by atoms with van der Waals surface area (Å²) in [6.07, 6.45) is 6.38. The van der Waals surface area contributed by atoms with Gasteiger partial charge in [-0.1, -0.05) is 56.7 Å². The molecule has 0 heterocycles. The minimum Gasteiger partial charge on any atom is -0.382 e. The molecule has 0 amide bonds. The second-order valence-corrected chi connectivity index (χ2v) is 5.05. The highest BCUT2D eigenvalue weighted by Gasteiger charge is 2.22. The van der Waals surface area contributed by atoms with Gasteiger partial charge >= 0.3 is 0 Å². The lowest BCUT2D eigenvalue weighted by atomic mass is 9.83. The molecular weight excluding hydrogens is 206 g/mol. The molecule has 17 heavy (non-hydrogen) atoms. The molecule has 1 aromatic rings. The molecule has 1 aliphatic carbocycles. The molecule has 0 radical (unpaired) electrons. The van der Waals surface area contributed by atoms with E-state index in [2.05, 4.69) is 49.2 Å². The molecule has 0 aromatic heterocycles. The number of benzene rings is 1. The number of hydrogen-bond donors (Lipinski definition) is 1. The van der Waals surface area contributed by atoms with Crippen LogP contribution in [0.1, 0.15) is 50.6 Å². The fraction of sp³-hybridized carbons (Fsp3) is 0.500. The minimum absolute atomic E-state index is 0.439. The van der Waals surface area contributed by atoms with Crippen LogP contribution in [-0.4, -0.2) is 0 Å². The molecule has 1 aromatic carbocycles. The summed E-state index contributed by atoms with van der Waals surface area (Å²) in [6.45, 7) is 6.45. The lowest BCUT2D eigenvalue weighted by Gasteiger charge is -2.31. The molecule has 0 bridgehead atoms. The molecule has 1 nitrogen and oxygen atoms in total. The molecule has 1 heteroatoms. The van der Waals surface area contributed by atoms with Crippen LogP contribution in [0.2, 0.25) is 0 Å². The highest BCUT2D eigenvalue weighted by molar-refractivity contribution is 5.20. The number of nitrogens with one attached hydrogen (secondary N) is 1. The normalized spacial score (nSPS) is 17.2. The van der Waals surface area contributed by atoms with Crippen molar-refractivity contribution in [3.8, 4) is 0 Å². The smallest absolute Gasteiger partial charge is 0.0510 e. The lowest BCUT2D eigenvalue weighted by molar-refractivity contribution is 0.338. The zero-order valence-electron chi connectivity index (χ0n) is 10.8. The van der Waals surface area contributed by atoms with E-state index in [0.717, 1.165) is 5.92 Å². The first-order chi connectivity index (χ1) is 8.31. The van der Waals surface area contributed by atoms with E-state index >= 15 is 0 Å². The molecule has 0 aliphatic heterocycles. The third-order valence-corrected chi connectivity index (χ3v) is 3.74. The van der Waals surface area contributed by atoms with Crippen molar-refractivity contribution >= 4 is 0 Å². The maximum absolute atomic E-state index is 4.21. The number of hydrogen-bond acceptors (Lipinski definition) is 1. The van der Waals surface area contributed by atoms with E-state index in [9.17, 15) is 0 Å². The monoisotopic (exact) mass is 229 g/mol. The Morgan fingerprint density at radius 3 is 2.59 bits per heavy atom. The van der Waals surface area contributed by atoms with Crippen LogP contribution in [0, 0.1) is 5.92 Å². The fourth-order valence-electron chi connectivity index (χ4n) is 2.39. The first-order valence-corrected chi connectivity index (χ1v) is 6.81. The van der Waals surface area contributed by atoms with Gasteiger partial charge in [0.1, 0.15) is 0 Å². The summed E-state index contributed by atoms with van der Waals surface area (Å²) >= 11 is 0. The van der Waals surface area contributed by atoms with Gasteiger partial charge < -0.3 is 5.32 Å². The molecule has 92 valence electrons. The Balaban J connectivity index is 1.99. The number of rotatable bonds is 6. The van der Waals surface area contributed by atoms with Crippen molar-refractivity contribution in [3.63, 3.8) is 0 Å². The van der Waals surface area contributed by atoms with Crippen molar-refractivity contribution in [2.75, 3.05) is 0 Å². The van der Waals surface area contributed by atoms with Crippen LogP contribution in [0.5, 0.6) is 0 Å². The third kappa shape index (κ3) is 3.12. The zero-order valence-corrected chi connectivity index (χ0v) is 10.8. The predicted molar refractivity (Wildman–Crippen MR) is 73.7 cm³/mol. The van der Waals surface area contributed by atoms with Gasteiger partial charge in [0.05, 0.1) is 6.04 Å². The van der Waals surface area contributed by atoms with E-state index in [1.54, 1.807) is 0 Å². The van der Waals surface area contributed by atoms with Gasteiger partial charge in [-0.05, 0) is 30.7 Å². The molecule has 1 fully saturated rings. The average molecular weight is 229 g/mol. The van der Waals surface area contributed by atoms with Crippen LogP contribution in [0.4, 0.5) is 0 Å². The van der Waals surface area contributed by atoms with Gasteiger partial charge in [-0.15, -0.1) is 0 Å². The molecule has 0 spiro atoms. The van der Waals surface area contributed by atoms with E-state index in [-0.39, 0.29) is 0 Å². The summed E-state index contributed by atoms with van der Waals surface area (Å²) < 4.78 is 0. The molecule has 0 saturated heterocycles. The van der Waals surface area contributed by atoms with Crippen molar-refractivity contribution in [3.05, 3.63) is 48.2 Å². The van der Waals surface area contributed by atoms with E-state index in [4.69, 9.17) is 0 Å². The van der Waals surface area contributed by atoms with Gasteiger partial charge in [0.25, 0.3) is 0 Å². The fourth-order valence-corrected chi connectivity index (χ4v) is 2.39. The SMILES string of the molecule is C=C(NC(CCC)c1ccccc1)C1CCC1. The standard InChI is InChI=1S/C16H23N/c1-3-8-16(15-9-5-4-6-10-15)17-13(2)14-11-7-12-14/h4-6,9-10,14,16-17H,2-3,7-8,11-12H2,1H3. The Bertz CT molecular complexity index is 351. The van der Waals surface area contributed by atoms with Gasteiger partial charge in [-0.3, -0.25) is 0 Å². The summed E-state index contributed by atoms with van der Waals surface area (Å²) in [5.74, 6) is 0.720. The quantitative estimate of drug-likeness (QED) is 0.761. The maximum Gasteiger partial charge on any atom is 0.0510 e. The van der Waals surface area contributed by atoms with Gasteiger partial charge in [0.15, 0.2) is 0 Å². The molecule has 2 rings (SSSR count). The largest absolute Gasteiger partial charge is 0.382 e. The average Bonchev–Trinajstić information content (AvgIpc) is 2.27. The maximum atomic E-state index is 4.21. The molecular formula is C16H23N. The Hall–Kier alpha value is -1.24. The third-order valence-electron chi connectivity index (χ3n) is 3.74. The summed E-state index contributed by atoms with van der Waals surface area (Å²) in [5, 5.41) is 3.64. The van der Waals surface area contributed by atoms with E-state index < -0.39 is 0 Å². The van der Waals surface area contributed by atoms with Crippen molar-refractivity contribution in [1.29, 1.82) is 0 Å². The summed E-state index contributed by atoms with van der Waals surface area (Å²) in [4.78, 5) is 0. The van der Waals surface area contributed by atoms with Crippen LogP contribution >= 0.6 is 0 Å². The Morgan fingerprint density at radius 2 is 2.06 bits per heavy atom. The molecule has 1 N–H and O–H groups in total. The van der Waals surface area contributed by atoms with E-state index in [1.165, 1.54) is 43.4 Å². The highest BCUT2D eigenvalue weighted by Crippen LogP contribution is 2.32. The highest BCUT2D eigenvalue weighted by atomic mass is 14.9. The van der Waals surface area contributed by atoms with Crippen molar-refractivity contribution < 1.29 is 0 Å². The van der Waals surface area contributed by atoms with Crippen molar-refractivity contribution in [2.45, 2.75) is 45.1 Å². The summed E-state index contributed by atoms with van der Waals surface area (Å²) in [7, 11) is 0. The van der Waals surface area contributed by atoms with Crippen LogP contribution in [0.3, 0.4) is 0 Å². The second-order valence-electron chi connectivity index (χ2n) is 5.05. The predicted octanol–water partition coefficient (Wildman–Crippen LogP) is 4.43. The van der Waals surface area contributed by atoms with Crippen LogP contribution in [0.25, 0.3) is 0 Å². The van der Waals surface area contributed by atoms with Crippen molar-refractivity contribution in [2.24, 2.45) is 5.92 Å². The second kappa shape index (κ2) is 5.90. The molecule has 1 aliphatic rings. The molecule has 1 atom stereocenters. The summed E-state index contributed by atoms with van der Waals surface area (Å²) in [6, 6.07) is 11.2.